The van der Waals surface area contributed by atoms with E-state index in [2.05, 4.69) is 20.6 Å². The molecule has 0 atom stereocenters. The summed E-state index contributed by atoms with van der Waals surface area (Å²) in [6.45, 7) is 0. The molecule has 4 rings (SSSR count). The third-order valence-corrected chi connectivity index (χ3v) is 4.41. The lowest BCUT2D eigenvalue weighted by atomic mass is 10.2. The number of benzene rings is 1. The number of aromatic nitrogens is 3. The lowest BCUT2D eigenvalue weighted by Crippen LogP contribution is -2.29. The molecule has 2 amide bonds. The molecule has 0 saturated heterocycles. The van der Waals surface area contributed by atoms with Crippen molar-refractivity contribution in [3.05, 3.63) is 60.4 Å². The molecule has 0 saturated carbocycles. The molecule has 0 aliphatic rings. The molecule has 10 heteroatoms. The van der Waals surface area contributed by atoms with Crippen molar-refractivity contribution in [3.8, 4) is 11.5 Å². The van der Waals surface area contributed by atoms with E-state index in [4.69, 9.17) is 4.74 Å². The van der Waals surface area contributed by atoms with Crippen LogP contribution in [0.4, 0.5) is 20.5 Å². The number of thiazole rings is 1. The third-order valence-electron chi connectivity index (χ3n) is 3.72. The number of rotatable bonds is 4. The van der Waals surface area contributed by atoms with Crippen molar-refractivity contribution in [3.63, 3.8) is 0 Å². The average molecular weight is 394 g/mol. The molecule has 0 aliphatic carbocycles. The summed E-state index contributed by atoms with van der Waals surface area (Å²) in [6, 6.07) is 9.75. The molecule has 28 heavy (non-hydrogen) atoms. The molecule has 0 spiro atoms. The molecule has 140 valence electrons. The maximum atomic E-state index is 12.4. The number of amides is 2. The topological polar surface area (TPSA) is 121 Å². The standard InChI is InChI=1S/C18H13N5O4S/c24-17(22-16-20-6-8-28-16)23-7-4-11-9-12(1-2-14(11)23)27-13-3-5-19-15(10-13)21-18(25)26/h1-10H,(H,19,21)(H,25,26)(H,20,22,24)/p-1. The van der Waals surface area contributed by atoms with Crippen LogP contribution >= 0.6 is 11.3 Å². The molecule has 3 aromatic heterocycles. The molecule has 0 radical (unpaired) electrons. The number of fused-ring (bicyclic) bond motifs is 1. The number of nitrogens with one attached hydrogen (secondary N) is 2. The van der Waals surface area contributed by atoms with E-state index in [9.17, 15) is 14.7 Å². The number of carbonyl (C=O) groups is 2. The second kappa shape index (κ2) is 7.37. The minimum Gasteiger partial charge on any atom is -0.530 e. The summed E-state index contributed by atoms with van der Waals surface area (Å²) >= 11 is 1.34. The maximum Gasteiger partial charge on any atom is 0.332 e. The highest BCUT2D eigenvalue weighted by Gasteiger charge is 2.11. The zero-order chi connectivity index (χ0) is 19.5. The lowest BCUT2D eigenvalue weighted by molar-refractivity contribution is -0.242. The first-order valence-electron chi connectivity index (χ1n) is 8.02. The minimum absolute atomic E-state index is 0.101. The maximum absolute atomic E-state index is 12.4. The van der Waals surface area contributed by atoms with E-state index in [1.54, 1.807) is 48.1 Å². The number of anilines is 2. The zero-order valence-electron chi connectivity index (χ0n) is 14.2. The molecule has 0 unspecified atom stereocenters. The number of hydrogen-bond acceptors (Lipinski definition) is 7. The van der Waals surface area contributed by atoms with Gasteiger partial charge in [0.05, 0.1) is 5.52 Å². The van der Waals surface area contributed by atoms with Crippen molar-refractivity contribution < 1.29 is 19.4 Å². The predicted molar refractivity (Wildman–Crippen MR) is 102 cm³/mol. The van der Waals surface area contributed by atoms with Crippen LogP contribution in [-0.4, -0.2) is 26.7 Å². The quantitative estimate of drug-likeness (QED) is 0.548. The Morgan fingerprint density at radius 2 is 1.89 bits per heavy atom. The summed E-state index contributed by atoms with van der Waals surface area (Å²) in [7, 11) is 0. The Kier molecular flexibility index (Phi) is 4.60. The van der Waals surface area contributed by atoms with Gasteiger partial charge in [0.15, 0.2) is 5.13 Å². The fourth-order valence-corrected chi connectivity index (χ4v) is 3.10. The summed E-state index contributed by atoms with van der Waals surface area (Å²) in [6.07, 6.45) is 3.23. The van der Waals surface area contributed by atoms with Gasteiger partial charge < -0.3 is 20.0 Å². The Labute approximate surface area is 162 Å². The van der Waals surface area contributed by atoms with Gasteiger partial charge in [-0.3, -0.25) is 9.88 Å². The molecular weight excluding hydrogens is 382 g/mol. The van der Waals surface area contributed by atoms with Gasteiger partial charge in [-0.15, -0.1) is 11.3 Å². The number of ether oxygens (including phenoxy) is 1. The molecular formula is C18H12N5O4S-. The minimum atomic E-state index is -1.46. The number of carbonyl (C=O) groups excluding carboxylic acids is 2. The van der Waals surface area contributed by atoms with Crippen LogP contribution in [0.3, 0.4) is 0 Å². The van der Waals surface area contributed by atoms with Crippen molar-refractivity contribution in [2.45, 2.75) is 0 Å². The zero-order valence-corrected chi connectivity index (χ0v) is 15.0. The molecule has 2 N–H and O–H groups in total. The predicted octanol–water partition coefficient (Wildman–Crippen LogP) is 3.12. The van der Waals surface area contributed by atoms with Gasteiger partial charge in [-0.2, -0.15) is 0 Å². The van der Waals surface area contributed by atoms with Crippen LogP contribution in [0, 0.1) is 0 Å². The molecule has 0 fully saturated rings. The summed E-state index contributed by atoms with van der Waals surface area (Å²) < 4.78 is 7.23. The van der Waals surface area contributed by atoms with Crippen LogP contribution < -0.4 is 20.5 Å². The van der Waals surface area contributed by atoms with Crippen LogP contribution in [0.2, 0.25) is 0 Å². The van der Waals surface area contributed by atoms with Gasteiger partial charge in [-0.05, 0) is 30.3 Å². The number of hydrogen-bond donors (Lipinski definition) is 2. The Morgan fingerprint density at radius 3 is 2.68 bits per heavy atom. The van der Waals surface area contributed by atoms with E-state index < -0.39 is 6.09 Å². The Morgan fingerprint density at radius 1 is 1.04 bits per heavy atom. The molecule has 4 aromatic rings. The van der Waals surface area contributed by atoms with Crippen LogP contribution in [0.5, 0.6) is 11.5 Å². The van der Waals surface area contributed by atoms with Gasteiger partial charge in [-0.25, -0.2) is 14.8 Å². The second-order valence-corrected chi connectivity index (χ2v) is 6.46. The number of carboxylic acid groups (broad SMARTS) is 1. The molecule has 1 aromatic carbocycles. The SMILES string of the molecule is O=C([O-])Nc1cc(Oc2ccc3c(ccn3C(=O)Nc3nccs3)c2)ccn1. The third kappa shape index (κ3) is 3.76. The van der Waals surface area contributed by atoms with Crippen LogP contribution in [0.15, 0.2) is 60.4 Å². The summed E-state index contributed by atoms with van der Waals surface area (Å²) in [4.78, 5) is 30.9. The van der Waals surface area contributed by atoms with E-state index in [1.807, 2.05) is 0 Å². The van der Waals surface area contributed by atoms with Crippen molar-refractivity contribution in [2.24, 2.45) is 0 Å². The van der Waals surface area contributed by atoms with E-state index >= 15 is 0 Å². The van der Waals surface area contributed by atoms with Crippen LogP contribution in [-0.2, 0) is 0 Å². The molecule has 3 heterocycles. The Balaban J connectivity index is 1.54. The fraction of sp³-hybridized carbons (Fsp3) is 0. The average Bonchev–Trinajstić information content (AvgIpc) is 3.30. The second-order valence-electron chi connectivity index (χ2n) is 5.57. The first-order chi connectivity index (χ1) is 13.6. The summed E-state index contributed by atoms with van der Waals surface area (Å²) in [5.41, 5.74) is 0.704. The highest BCUT2D eigenvalue weighted by Crippen LogP contribution is 2.27. The fourth-order valence-electron chi connectivity index (χ4n) is 2.58. The van der Waals surface area contributed by atoms with Gasteiger partial charge in [0.1, 0.15) is 23.4 Å². The van der Waals surface area contributed by atoms with Gasteiger partial charge in [0.25, 0.3) is 0 Å². The Hall–Kier alpha value is -3.92. The normalized spacial score (nSPS) is 10.6. The smallest absolute Gasteiger partial charge is 0.332 e. The van der Waals surface area contributed by atoms with Crippen molar-refractivity contribution in [1.82, 2.24) is 14.5 Å². The molecule has 0 bridgehead atoms. The van der Waals surface area contributed by atoms with Gasteiger partial charge in [-0.1, -0.05) is 0 Å². The van der Waals surface area contributed by atoms with Crippen molar-refractivity contribution in [2.75, 3.05) is 10.6 Å². The summed E-state index contributed by atoms with van der Waals surface area (Å²) in [5.74, 6) is 1.03. The van der Waals surface area contributed by atoms with E-state index in [0.717, 1.165) is 5.39 Å². The largest absolute Gasteiger partial charge is 0.530 e. The monoisotopic (exact) mass is 394 g/mol. The Bertz CT molecular complexity index is 1160. The summed E-state index contributed by atoms with van der Waals surface area (Å²) in [5, 5.41) is 18.5. The first kappa shape index (κ1) is 17.5. The van der Waals surface area contributed by atoms with Crippen molar-refractivity contribution >= 4 is 45.3 Å². The van der Waals surface area contributed by atoms with Gasteiger partial charge in [0.2, 0.25) is 0 Å². The highest BCUT2D eigenvalue weighted by molar-refractivity contribution is 7.13. The van der Waals surface area contributed by atoms with Crippen LogP contribution in [0.1, 0.15) is 0 Å². The van der Waals surface area contributed by atoms with E-state index in [1.165, 1.54) is 28.2 Å². The van der Waals surface area contributed by atoms with Gasteiger partial charge in [0, 0.05) is 35.4 Å². The number of pyridine rings is 1. The number of nitrogens with zero attached hydrogens (tertiary/aromatic N) is 3. The van der Waals surface area contributed by atoms with E-state index in [-0.39, 0.29) is 11.8 Å². The van der Waals surface area contributed by atoms with E-state index in [0.29, 0.717) is 22.1 Å². The van der Waals surface area contributed by atoms with Crippen molar-refractivity contribution in [1.29, 1.82) is 0 Å². The van der Waals surface area contributed by atoms with Gasteiger partial charge >= 0.3 is 6.03 Å². The van der Waals surface area contributed by atoms with Crippen LogP contribution in [0.25, 0.3) is 10.9 Å². The molecule has 9 nitrogen and oxygen atoms in total. The highest BCUT2D eigenvalue weighted by atomic mass is 32.1. The lowest BCUT2D eigenvalue weighted by Gasteiger charge is -2.09. The first-order valence-corrected chi connectivity index (χ1v) is 8.90. The molecule has 0 aliphatic heterocycles.